The van der Waals surface area contributed by atoms with Crippen molar-refractivity contribution >= 4 is 18.1 Å². The zero-order valence-electron chi connectivity index (χ0n) is 25.4. The second kappa shape index (κ2) is 21.4. The topological polar surface area (TPSA) is 86.2 Å². The molecule has 0 aliphatic heterocycles. The molecule has 2 rings (SSSR count). The van der Waals surface area contributed by atoms with Crippen LogP contribution in [0.2, 0.25) is 0 Å². The molecule has 0 aliphatic rings. The zero-order chi connectivity index (χ0) is 29.5. The second-order valence-electron chi connectivity index (χ2n) is 10.3. The maximum Gasteiger partial charge on any atom is 0.343 e. The van der Waals surface area contributed by atoms with Gasteiger partial charge in [-0.1, -0.05) is 84.0 Å². The number of nitrogens with zero attached hydrogens (tertiary/aromatic N) is 1. The molecule has 0 heterocycles. The van der Waals surface area contributed by atoms with Gasteiger partial charge in [-0.25, -0.2) is 10.2 Å². The number of hydrogen-bond acceptors (Lipinski definition) is 6. The summed E-state index contributed by atoms with van der Waals surface area (Å²) >= 11 is 0. The van der Waals surface area contributed by atoms with Crippen molar-refractivity contribution in [1.29, 1.82) is 0 Å². The summed E-state index contributed by atoms with van der Waals surface area (Å²) in [5.74, 6) is 0.855. The fraction of sp³-hybridized carbons (Fsp3) is 0.559. The van der Waals surface area contributed by atoms with Crippen LogP contribution >= 0.6 is 0 Å². The molecule has 7 nitrogen and oxygen atoms in total. The monoisotopic (exact) mass is 566 g/mol. The van der Waals surface area contributed by atoms with Gasteiger partial charge >= 0.3 is 5.97 Å². The third kappa shape index (κ3) is 14.7. The van der Waals surface area contributed by atoms with Crippen molar-refractivity contribution in [2.24, 2.45) is 5.10 Å². The van der Waals surface area contributed by atoms with Crippen LogP contribution in [0.4, 0.5) is 0 Å². The number of unbranched alkanes of at least 4 members (excludes halogenated alkanes) is 12. The van der Waals surface area contributed by atoms with Gasteiger partial charge in [-0.05, 0) is 68.3 Å². The van der Waals surface area contributed by atoms with Crippen molar-refractivity contribution in [3.05, 3.63) is 53.6 Å². The van der Waals surface area contributed by atoms with Gasteiger partial charge in [0.25, 0.3) is 0 Å². The van der Waals surface area contributed by atoms with E-state index < -0.39 is 5.97 Å². The molecule has 0 aliphatic carbocycles. The van der Waals surface area contributed by atoms with Crippen LogP contribution in [0, 0.1) is 0 Å². The molecule has 0 radical (unpaired) electrons. The number of nitrogens with one attached hydrogen (secondary N) is 1. The van der Waals surface area contributed by atoms with Crippen molar-refractivity contribution < 1.29 is 23.8 Å². The van der Waals surface area contributed by atoms with Crippen LogP contribution in [-0.2, 0) is 4.79 Å². The average molecular weight is 567 g/mol. The fourth-order valence-electron chi connectivity index (χ4n) is 4.51. The van der Waals surface area contributed by atoms with Crippen LogP contribution in [0.15, 0.2) is 47.6 Å². The highest BCUT2D eigenvalue weighted by atomic mass is 16.6. The van der Waals surface area contributed by atoms with Gasteiger partial charge in [-0.2, -0.15) is 5.10 Å². The molecule has 0 fully saturated rings. The molecule has 0 aromatic heterocycles. The number of hydrazone groups is 1. The molecule has 0 atom stereocenters. The van der Waals surface area contributed by atoms with E-state index in [4.69, 9.17) is 14.2 Å². The van der Waals surface area contributed by atoms with E-state index in [-0.39, 0.29) is 5.91 Å². The third-order valence-electron chi connectivity index (χ3n) is 6.78. The molecule has 41 heavy (non-hydrogen) atoms. The van der Waals surface area contributed by atoms with Gasteiger partial charge in [0, 0.05) is 6.42 Å². The van der Waals surface area contributed by atoms with Crippen molar-refractivity contribution in [2.45, 2.75) is 111 Å². The quantitative estimate of drug-likeness (QED) is 0.0507. The summed E-state index contributed by atoms with van der Waals surface area (Å²) in [5.41, 5.74) is 3.73. The van der Waals surface area contributed by atoms with Gasteiger partial charge in [0.05, 0.1) is 25.0 Å². The van der Waals surface area contributed by atoms with Crippen LogP contribution < -0.4 is 19.6 Å². The van der Waals surface area contributed by atoms with E-state index in [1.54, 1.807) is 48.7 Å². The van der Waals surface area contributed by atoms with Gasteiger partial charge in [-0.3, -0.25) is 4.79 Å². The minimum atomic E-state index is -0.490. The average Bonchev–Trinajstić information content (AvgIpc) is 2.97. The largest absolute Gasteiger partial charge is 0.494 e. The first kappa shape index (κ1) is 33.9. The van der Waals surface area contributed by atoms with Crippen LogP contribution in [0.25, 0.3) is 0 Å². The normalized spacial score (nSPS) is 11.0. The lowest BCUT2D eigenvalue weighted by molar-refractivity contribution is -0.121. The fourth-order valence-corrected chi connectivity index (χ4v) is 4.51. The van der Waals surface area contributed by atoms with E-state index >= 15 is 0 Å². The van der Waals surface area contributed by atoms with E-state index in [0.29, 0.717) is 42.4 Å². The summed E-state index contributed by atoms with van der Waals surface area (Å²) in [6.07, 6.45) is 18.6. The summed E-state index contributed by atoms with van der Waals surface area (Å²) < 4.78 is 16.7. The molecule has 0 bridgehead atoms. The molecule has 1 N–H and O–H groups in total. The van der Waals surface area contributed by atoms with Gasteiger partial charge in [0.15, 0.2) is 11.5 Å². The van der Waals surface area contributed by atoms with Gasteiger partial charge < -0.3 is 14.2 Å². The van der Waals surface area contributed by atoms with Crippen molar-refractivity contribution in [2.75, 3.05) is 13.2 Å². The second-order valence-corrected chi connectivity index (χ2v) is 10.3. The van der Waals surface area contributed by atoms with Crippen molar-refractivity contribution in [1.82, 2.24) is 5.43 Å². The maximum atomic E-state index is 12.6. The molecule has 0 spiro atoms. The molecule has 0 saturated heterocycles. The number of rotatable bonds is 22. The van der Waals surface area contributed by atoms with Crippen LogP contribution in [-0.4, -0.2) is 31.3 Å². The first-order valence-electron chi connectivity index (χ1n) is 15.6. The summed E-state index contributed by atoms with van der Waals surface area (Å²) in [6.45, 7) is 6.98. The Labute approximate surface area is 247 Å². The summed E-state index contributed by atoms with van der Waals surface area (Å²) in [4.78, 5) is 24.8. The number of carbonyl (C=O) groups is 2. The minimum absolute atomic E-state index is 0.0877. The first-order valence-corrected chi connectivity index (χ1v) is 15.6. The maximum absolute atomic E-state index is 12.6. The molecule has 2 aromatic carbocycles. The van der Waals surface area contributed by atoms with E-state index in [1.165, 1.54) is 70.6 Å². The lowest BCUT2D eigenvalue weighted by Gasteiger charge is -2.11. The van der Waals surface area contributed by atoms with Gasteiger partial charge in [0.2, 0.25) is 5.91 Å². The zero-order valence-corrected chi connectivity index (χ0v) is 25.4. The Balaban J connectivity index is 1.67. The third-order valence-corrected chi connectivity index (χ3v) is 6.78. The SMILES string of the molecule is CCCCCCCCCCCCCCCC(=O)NN=Cc1ccc(OC(=O)c2ccc(OCC)cc2)c(OCC)c1. The van der Waals surface area contributed by atoms with Crippen molar-refractivity contribution in [3.63, 3.8) is 0 Å². The molecule has 1 amide bonds. The number of esters is 1. The Bertz CT molecular complexity index is 1040. The highest BCUT2D eigenvalue weighted by molar-refractivity contribution is 5.91. The van der Waals surface area contributed by atoms with E-state index in [2.05, 4.69) is 17.5 Å². The predicted octanol–water partition coefficient (Wildman–Crippen LogP) is 8.63. The molecule has 0 saturated carbocycles. The lowest BCUT2D eigenvalue weighted by Crippen LogP contribution is -2.16. The highest BCUT2D eigenvalue weighted by Gasteiger charge is 2.13. The Morgan fingerprint density at radius 3 is 1.88 bits per heavy atom. The number of hydrogen-bond donors (Lipinski definition) is 1. The summed E-state index contributed by atoms with van der Waals surface area (Å²) in [6, 6.07) is 11.9. The minimum Gasteiger partial charge on any atom is -0.494 e. The lowest BCUT2D eigenvalue weighted by atomic mass is 10.0. The van der Waals surface area contributed by atoms with Gasteiger partial charge in [0.1, 0.15) is 5.75 Å². The number of ether oxygens (including phenoxy) is 3. The molecule has 2 aromatic rings. The van der Waals surface area contributed by atoms with Crippen molar-refractivity contribution in [3.8, 4) is 17.2 Å². The number of amides is 1. The van der Waals surface area contributed by atoms with Gasteiger partial charge in [-0.15, -0.1) is 0 Å². The first-order chi connectivity index (χ1) is 20.1. The smallest absolute Gasteiger partial charge is 0.343 e. The predicted molar refractivity (Wildman–Crippen MR) is 166 cm³/mol. The summed E-state index contributed by atoms with van der Waals surface area (Å²) in [7, 11) is 0. The Hall–Kier alpha value is -3.35. The molecule has 226 valence electrons. The van der Waals surface area contributed by atoms with E-state index in [9.17, 15) is 9.59 Å². The van der Waals surface area contributed by atoms with E-state index in [0.717, 1.165) is 18.4 Å². The Kier molecular flexibility index (Phi) is 17.7. The summed E-state index contributed by atoms with van der Waals surface area (Å²) in [5, 5.41) is 4.08. The van der Waals surface area contributed by atoms with Crippen LogP contribution in [0.3, 0.4) is 0 Å². The molecular formula is C34H50N2O5. The number of carbonyl (C=O) groups excluding carboxylic acids is 2. The molecule has 0 unspecified atom stereocenters. The van der Waals surface area contributed by atoms with Crippen LogP contribution in [0.5, 0.6) is 17.2 Å². The van der Waals surface area contributed by atoms with E-state index in [1.807, 2.05) is 13.8 Å². The number of benzene rings is 2. The Morgan fingerprint density at radius 1 is 0.707 bits per heavy atom. The van der Waals surface area contributed by atoms with Crippen LogP contribution in [0.1, 0.15) is 127 Å². The molecular weight excluding hydrogens is 516 g/mol. The Morgan fingerprint density at radius 2 is 1.29 bits per heavy atom. The molecule has 7 heteroatoms. The standard InChI is InChI=1S/C34H50N2O5/c1-4-7-8-9-10-11-12-13-14-15-16-17-18-19-33(37)36-35-27-28-20-25-31(32(26-28)40-6-3)41-34(38)29-21-23-30(24-22-29)39-5-2/h20-27H,4-19H2,1-3H3,(H,36,37). The highest BCUT2D eigenvalue weighted by Crippen LogP contribution is 2.29.